The van der Waals surface area contributed by atoms with E-state index >= 15 is 0 Å². The van der Waals surface area contributed by atoms with E-state index in [9.17, 15) is 5.11 Å². The Balaban J connectivity index is 1.95. The average molecular weight is 238 g/mol. The molecular weight excluding hydrogens is 224 g/mol. The Hall–Kier alpha value is -2.26. The number of aliphatic hydroxyl groups is 1. The molecule has 0 atom stereocenters. The number of hydrogen-bond donors (Lipinski definition) is 2. The molecule has 0 radical (unpaired) electrons. The van der Waals surface area contributed by atoms with Gasteiger partial charge < -0.3 is 5.11 Å². The minimum atomic E-state index is 0.0246. The van der Waals surface area contributed by atoms with Crippen molar-refractivity contribution in [3.8, 4) is 0 Å². The van der Waals surface area contributed by atoms with Crippen molar-refractivity contribution in [3.05, 3.63) is 77.7 Å². The highest BCUT2D eigenvalue weighted by atomic mass is 16.3. The number of hydrazine groups is 1. The van der Waals surface area contributed by atoms with Crippen molar-refractivity contribution in [2.24, 2.45) is 0 Å². The van der Waals surface area contributed by atoms with Gasteiger partial charge in [0.05, 0.1) is 18.0 Å². The van der Waals surface area contributed by atoms with Crippen molar-refractivity contribution in [3.63, 3.8) is 0 Å². The van der Waals surface area contributed by atoms with Crippen LogP contribution in [0.15, 0.2) is 77.7 Å². The van der Waals surface area contributed by atoms with Crippen LogP contribution in [0.1, 0.15) is 0 Å². The number of allylic oxidation sites excluding steroid dienone is 5. The van der Waals surface area contributed by atoms with Crippen LogP contribution in [0.5, 0.6) is 0 Å². The molecule has 3 rings (SSSR count). The van der Waals surface area contributed by atoms with Gasteiger partial charge in [-0.15, -0.1) is 0 Å². The summed E-state index contributed by atoms with van der Waals surface area (Å²) in [5, 5.41) is 11.4. The molecule has 0 unspecified atom stereocenters. The minimum Gasteiger partial charge on any atom is -0.392 e. The second-order valence-electron chi connectivity index (χ2n) is 4.18. The largest absolute Gasteiger partial charge is 0.392 e. The van der Waals surface area contributed by atoms with Crippen LogP contribution < -0.4 is 10.4 Å². The molecule has 0 aromatic heterocycles. The predicted octanol–water partition coefficient (Wildman–Crippen LogP) is 2.27. The van der Waals surface area contributed by atoms with E-state index in [0.717, 1.165) is 22.5 Å². The maximum absolute atomic E-state index is 9.44. The number of aliphatic hydroxyl groups excluding tert-OH is 1. The molecule has 3 heteroatoms. The SMILES string of the molecule is OCC1=CN(c2ccccc2)NC1=C1C=CC=C1. The molecule has 3 nitrogen and oxygen atoms in total. The van der Waals surface area contributed by atoms with Gasteiger partial charge in [-0.3, -0.25) is 10.4 Å². The number of nitrogens with one attached hydrogen (secondary N) is 1. The van der Waals surface area contributed by atoms with Crippen molar-refractivity contribution in [2.45, 2.75) is 0 Å². The Labute approximate surface area is 106 Å². The highest BCUT2D eigenvalue weighted by Crippen LogP contribution is 2.26. The van der Waals surface area contributed by atoms with E-state index in [1.807, 2.05) is 65.8 Å². The monoisotopic (exact) mass is 238 g/mol. The van der Waals surface area contributed by atoms with Gasteiger partial charge in [0, 0.05) is 11.8 Å². The third kappa shape index (κ3) is 1.85. The quantitative estimate of drug-likeness (QED) is 0.829. The van der Waals surface area contributed by atoms with Crippen LogP contribution in [0.4, 0.5) is 5.69 Å². The zero-order chi connectivity index (χ0) is 12.4. The summed E-state index contributed by atoms with van der Waals surface area (Å²) >= 11 is 0. The highest BCUT2D eigenvalue weighted by Gasteiger charge is 2.20. The lowest BCUT2D eigenvalue weighted by molar-refractivity contribution is 0.333. The predicted molar refractivity (Wildman–Crippen MR) is 72.5 cm³/mol. The maximum Gasteiger partial charge on any atom is 0.0718 e. The van der Waals surface area contributed by atoms with E-state index in [4.69, 9.17) is 0 Å². The summed E-state index contributed by atoms with van der Waals surface area (Å²) in [5.74, 6) is 0. The van der Waals surface area contributed by atoms with E-state index in [0.29, 0.717) is 0 Å². The molecule has 0 saturated heterocycles. The van der Waals surface area contributed by atoms with Crippen LogP contribution in [0.25, 0.3) is 0 Å². The van der Waals surface area contributed by atoms with Crippen LogP contribution in [0, 0.1) is 0 Å². The Bertz CT molecular complexity index is 553. The molecule has 2 aliphatic rings. The first-order valence-corrected chi connectivity index (χ1v) is 5.90. The van der Waals surface area contributed by atoms with Crippen LogP contribution in [-0.4, -0.2) is 11.7 Å². The van der Waals surface area contributed by atoms with Gasteiger partial charge in [0.15, 0.2) is 0 Å². The van der Waals surface area contributed by atoms with Crippen molar-refractivity contribution >= 4 is 5.69 Å². The summed E-state index contributed by atoms with van der Waals surface area (Å²) in [6, 6.07) is 10.0. The Morgan fingerprint density at radius 2 is 1.78 bits per heavy atom. The third-order valence-corrected chi connectivity index (χ3v) is 2.99. The lowest BCUT2D eigenvalue weighted by Crippen LogP contribution is -2.27. The molecule has 0 bridgehead atoms. The first-order chi connectivity index (χ1) is 8.88. The van der Waals surface area contributed by atoms with Crippen LogP contribution in [0.2, 0.25) is 0 Å². The summed E-state index contributed by atoms with van der Waals surface area (Å²) in [6.45, 7) is 0.0246. The highest BCUT2D eigenvalue weighted by molar-refractivity contribution is 5.59. The molecular formula is C15H14N2O. The topological polar surface area (TPSA) is 35.5 Å². The number of benzene rings is 1. The van der Waals surface area contributed by atoms with E-state index in [1.54, 1.807) is 0 Å². The van der Waals surface area contributed by atoms with Gasteiger partial charge in [0.25, 0.3) is 0 Å². The van der Waals surface area contributed by atoms with Gasteiger partial charge >= 0.3 is 0 Å². The second-order valence-corrected chi connectivity index (χ2v) is 4.18. The summed E-state index contributed by atoms with van der Waals surface area (Å²) in [4.78, 5) is 0. The number of rotatable bonds is 2. The summed E-state index contributed by atoms with van der Waals surface area (Å²) < 4.78 is 0. The molecule has 2 N–H and O–H groups in total. The first kappa shape index (κ1) is 10.9. The molecule has 0 amide bonds. The standard InChI is InChI=1S/C15H14N2O/c18-11-13-10-17(14-8-2-1-3-9-14)16-15(13)12-6-4-5-7-12/h1-10,16,18H,11H2. The zero-order valence-corrected chi connectivity index (χ0v) is 9.88. The number of hydrogen-bond acceptors (Lipinski definition) is 3. The van der Waals surface area contributed by atoms with Gasteiger partial charge in [0.2, 0.25) is 0 Å². The Morgan fingerprint density at radius 1 is 1.06 bits per heavy atom. The summed E-state index contributed by atoms with van der Waals surface area (Å²) in [7, 11) is 0. The molecule has 18 heavy (non-hydrogen) atoms. The number of nitrogens with zero attached hydrogens (tertiary/aromatic N) is 1. The van der Waals surface area contributed by atoms with E-state index in [1.165, 1.54) is 0 Å². The van der Waals surface area contributed by atoms with E-state index in [-0.39, 0.29) is 6.61 Å². The molecule has 1 heterocycles. The zero-order valence-electron chi connectivity index (χ0n) is 9.88. The number of para-hydroxylation sites is 1. The van der Waals surface area contributed by atoms with Gasteiger partial charge in [-0.1, -0.05) is 42.5 Å². The van der Waals surface area contributed by atoms with Crippen molar-refractivity contribution in [1.29, 1.82) is 0 Å². The smallest absolute Gasteiger partial charge is 0.0718 e. The van der Waals surface area contributed by atoms with E-state index < -0.39 is 0 Å². The lowest BCUT2D eigenvalue weighted by atomic mass is 10.1. The van der Waals surface area contributed by atoms with Gasteiger partial charge in [-0.2, -0.15) is 0 Å². The Kier molecular flexibility index (Phi) is 2.74. The molecule has 90 valence electrons. The molecule has 1 aliphatic carbocycles. The summed E-state index contributed by atoms with van der Waals surface area (Å²) in [6.07, 6.45) is 9.96. The molecule has 1 aliphatic heterocycles. The minimum absolute atomic E-state index is 0.0246. The fourth-order valence-electron chi connectivity index (χ4n) is 2.08. The molecule has 0 saturated carbocycles. The second kappa shape index (κ2) is 4.55. The molecule has 1 aromatic rings. The Morgan fingerprint density at radius 3 is 2.44 bits per heavy atom. The van der Waals surface area contributed by atoms with E-state index in [2.05, 4.69) is 5.43 Å². The van der Waals surface area contributed by atoms with Crippen LogP contribution >= 0.6 is 0 Å². The fourth-order valence-corrected chi connectivity index (χ4v) is 2.08. The maximum atomic E-state index is 9.44. The van der Waals surface area contributed by atoms with Gasteiger partial charge in [-0.05, 0) is 17.7 Å². The van der Waals surface area contributed by atoms with Crippen molar-refractivity contribution < 1.29 is 5.11 Å². The van der Waals surface area contributed by atoms with Crippen LogP contribution in [-0.2, 0) is 0 Å². The molecule has 0 spiro atoms. The fraction of sp³-hybridized carbons (Fsp3) is 0.0667. The normalized spacial score (nSPS) is 17.4. The summed E-state index contributed by atoms with van der Waals surface area (Å²) in [5.41, 5.74) is 7.30. The van der Waals surface area contributed by atoms with Crippen molar-refractivity contribution in [1.82, 2.24) is 5.43 Å². The first-order valence-electron chi connectivity index (χ1n) is 5.90. The number of anilines is 1. The average Bonchev–Trinajstić information content (AvgIpc) is 3.08. The molecule has 0 fully saturated rings. The van der Waals surface area contributed by atoms with Crippen LogP contribution in [0.3, 0.4) is 0 Å². The van der Waals surface area contributed by atoms with Crippen molar-refractivity contribution in [2.75, 3.05) is 11.6 Å². The van der Waals surface area contributed by atoms with Gasteiger partial charge in [-0.25, -0.2) is 0 Å². The lowest BCUT2D eigenvalue weighted by Gasteiger charge is -2.17. The third-order valence-electron chi connectivity index (χ3n) is 2.99. The van der Waals surface area contributed by atoms with Gasteiger partial charge in [0.1, 0.15) is 0 Å². The molecule has 1 aromatic carbocycles.